The zero-order valence-corrected chi connectivity index (χ0v) is 13.7. The highest BCUT2D eigenvalue weighted by Crippen LogP contribution is 2.24. The van der Waals surface area contributed by atoms with Crippen molar-refractivity contribution in [3.8, 4) is 0 Å². The maximum atomic E-state index is 12.4. The standard InChI is InChI=1S/C15H14BrNO3S/c1-2-15(18)11-6-5-7-12(10-11)21(19,20)17-14-9-4-3-8-13(14)16/h3-10,17H,2H2,1H3. The average molecular weight is 368 g/mol. The van der Waals surface area contributed by atoms with Gasteiger partial charge in [0.05, 0.1) is 10.6 Å². The minimum atomic E-state index is -3.73. The van der Waals surface area contributed by atoms with Crippen LogP contribution < -0.4 is 4.72 Å². The Balaban J connectivity index is 2.36. The van der Waals surface area contributed by atoms with Gasteiger partial charge in [-0.3, -0.25) is 9.52 Å². The Kier molecular flexibility index (Phi) is 4.80. The molecule has 0 aromatic heterocycles. The number of anilines is 1. The molecule has 0 aliphatic carbocycles. The van der Waals surface area contributed by atoms with Crippen molar-refractivity contribution in [1.29, 1.82) is 0 Å². The first-order chi connectivity index (χ1) is 9.94. The van der Waals surface area contributed by atoms with Crippen LogP contribution in [0.4, 0.5) is 5.69 Å². The first kappa shape index (κ1) is 15.7. The number of carbonyl (C=O) groups excluding carboxylic acids is 1. The van der Waals surface area contributed by atoms with Crippen molar-refractivity contribution in [3.63, 3.8) is 0 Å². The lowest BCUT2D eigenvalue weighted by Gasteiger charge is -2.10. The third-order valence-electron chi connectivity index (χ3n) is 2.91. The van der Waals surface area contributed by atoms with Crippen molar-refractivity contribution in [2.24, 2.45) is 0 Å². The smallest absolute Gasteiger partial charge is 0.261 e. The zero-order valence-electron chi connectivity index (χ0n) is 11.3. The van der Waals surface area contributed by atoms with Crippen LogP contribution in [0.25, 0.3) is 0 Å². The molecular weight excluding hydrogens is 354 g/mol. The molecule has 110 valence electrons. The summed E-state index contributed by atoms with van der Waals surface area (Å²) in [6.07, 6.45) is 0.334. The summed E-state index contributed by atoms with van der Waals surface area (Å²) in [4.78, 5) is 11.7. The number of rotatable bonds is 5. The van der Waals surface area contributed by atoms with E-state index in [0.717, 1.165) is 0 Å². The van der Waals surface area contributed by atoms with E-state index in [1.807, 2.05) is 0 Å². The largest absolute Gasteiger partial charge is 0.294 e. The normalized spacial score (nSPS) is 11.1. The first-order valence-corrected chi connectivity index (χ1v) is 8.62. The number of ketones is 1. The molecule has 0 spiro atoms. The summed E-state index contributed by atoms with van der Waals surface area (Å²) >= 11 is 3.29. The lowest BCUT2D eigenvalue weighted by atomic mass is 10.1. The molecule has 2 aromatic carbocycles. The number of Topliss-reactive ketones (excluding diaryl/α,β-unsaturated/α-hetero) is 1. The second kappa shape index (κ2) is 6.41. The predicted octanol–water partition coefficient (Wildman–Crippen LogP) is 3.84. The highest BCUT2D eigenvalue weighted by Gasteiger charge is 2.17. The van der Waals surface area contributed by atoms with E-state index in [2.05, 4.69) is 20.7 Å². The molecule has 1 N–H and O–H groups in total. The molecule has 0 heterocycles. The molecule has 21 heavy (non-hydrogen) atoms. The number of hydrogen-bond acceptors (Lipinski definition) is 3. The molecule has 0 bridgehead atoms. The van der Waals surface area contributed by atoms with Crippen LogP contribution in [0.15, 0.2) is 57.9 Å². The number of sulfonamides is 1. The molecule has 4 nitrogen and oxygen atoms in total. The number of hydrogen-bond donors (Lipinski definition) is 1. The zero-order chi connectivity index (χ0) is 15.5. The maximum Gasteiger partial charge on any atom is 0.261 e. The Morgan fingerprint density at radius 1 is 1.14 bits per heavy atom. The molecule has 0 fully saturated rings. The molecule has 0 radical (unpaired) electrons. The van der Waals surface area contributed by atoms with E-state index in [4.69, 9.17) is 0 Å². The predicted molar refractivity (Wildman–Crippen MR) is 86.0 cm³/mol. The number of halogens is 1. The van der Waals surface area contributed by atoms with Gasteiger partial charge in [0.25, 0.3) is 10.0 Å². The van der Waals surface area contributed by atoms with Gasteiger partial charge >= 0.3 is 0 Å². The summed E-state index contributed by atoms with van der Waals surface area (Å²) < 4.78 is 27.9. The Morgan fingerprint density at radius 3 is 2.52 bits per heavy atom. The van der Waals surface area contributed by atoms with E-state index in [1.165, 1.54) is 12.1 Å². The number of nitrogens with one attached hydrogen (secondary N) is 1. The fraction of sp³-hybridized carbons (Fsp3) is 0.133. The highest BCUT2D eigenvalue weighted by atomic mass is 79.9. The quantitative estimate of drug-likeness (QED) is 0.816. The van der Waals surface area contributed by atoms with Crippen LogP contribution in [0.1, 0.15) is 23.7 Å². The molecule has 2 rings (SSSR count). The molecule has 2 aromatic rings. The molecule has 0 atom stereocenters. The van der Waals surface area contributed by atoms with Crippen LogP contribution in [-0.2, 0) is 10.0 Å². The summed E-state index contributed by atoms with van der Waals surface area (Å²) in [5, 5.41) is 0. The number of carbonyl (C=O) groups is 1. The minimum Gasteiger partial charge on any atom is -0.294 e. The van der Waals surface area contributed by atoms with Gasteiger partial charge in [-0.2, -0.15) is 0 Å². The second-order valence-corrected chi connectivity index (χ2v) is 6.93. The summed E-state index contributed by atoms with van der Waals surface area (Å²) in [5.41, 5.74) is 0.845. The van der Waals surface area contributed by atoms with Gasteiger partial charge in [-0.15, -0.1) is 0 Å². The lowest BCUT2D eigenvalue weighted by molar-refractivity contribution is 0.0988. The van der Waals surface area contributed by atoms with E-state index in [9.17, 15) is 13.2 Å². The molecule has 0 saturated carbocycles. The van der Waals surface area contributed by atoms with Crippen LogP contribution in [-0.4, -0.2) is 14.2 Å². The van der Waals surface area contributed by atoms with Gasteiger partial charge in [0.2, 0.25) is 0 Å². The Hall–Kier alpha value is -1.66. The van der Waals surface area contributed by atoms with E-state index in [-0.39, 0.29) is 10.7 Å². The van der Waals surface area contributed by atoms with E-state index < -0.39 is 10.0 Å². The SMILES string of the molecule is CCC(=O)c1cccc(S(=O)(=O)Nc2ccccc2Br)c1. The molecular formula is C15H14BrNO3S. The van der Waals surface area contributed by atoms with Crippen molar-refractivity contribution >= 4 is 37.4 Å². The van der Waals surface area contributed by atoms with Crippen LogP contribution in [0.2, 0.25) is 0 Å². The molecule has 0 amide bonds. The van der Waals surface area contributed by atoms with Crippen LogP contribution in [0.5, 0.6) is 0 Å². The second-order valence-electron chi connectivity index (χ2n) is 4.39. The fourth-order valence-electron chi connectivity index (χ4n) is 1.79. The van der Waals surface area contributed by atoms with E-state index >= 15 is 0 Å². The van der Waals surface area contributed by atoms with E-state index in [1.54, 1.807) is 43.3 Å². The number of para-hydroxylation sites is 1. The van der Waals surface area contributed by atoms with Crippen molar-refractivity contribution in [2.45, 2.75) is 18.2 Å². The molecule has 0 saturated heterocycles. The van der Waals surface area contributed by atoms with Gasteiger partial charge in [-0.25, -0.2) is 8.42 Å². The topological polar surface area (TPSA) is 63.2 Å². The van der Waals surface area contributed by atoms with E-state index in [0.29, 0.717) is 22.1 Å². The van der Waals surface area contributed by atoms with Crippen molar-refractivity contribution in [3.05, 3.63) is 58.6 Å². The molecule has 0 aliphatic rings. The van der Waals surface area contributed by atoms with Crippen LogP contribution in [0, 0.1) is 0 Å². The van der Waals surface area contributed by atoms with Gasteiger partial charge in [0, 0.05) is 16.5 Å². The average Bonchev–Trinajstić information content (AvgIpc) is 2.49. The van der Waals surface area contributed by atoms with Crippen molar-refractivity contribution < 1.29 is 13.2 Å². The highest BCUT2D eigenvalue weighted by molar-refractivity contribution is 9.10. The third kappa shape index (κ3) is 3.71. The van der Waals surface area contributed by atoms with Gasteiger partial charge < -0.3 is 0 Å². The monoisotopic (exact) mass is 367 g/mol. The first-order valence-electron chi connectivity index (χ1n) is 6.34. The summed E-state index contributed by atoms with van der Waals surface area (Å²) in [6, 6.07) is 13.0. The van der Waals surface area contributed by atoms with Crippen LogP contribution >= 0.6 is 15.9 Å². The van der Waals surface area contributed by atoms with Crippen molar-refractivity contribution in [1.82, 2.24) is 0 Å². The Labute approximate surface area is 132 Å². The molecule has 0 unspecified atom stereocenters. The molecule has 0 aliphatic heterocycles. The van der Waals surface area contributed by atoms with Gasteiger partial charge in [-0.1, -0.05) is 31.2 Å². The Morgan fingerprint density at radius 2 is 1.86 bits per heavy atom. The summed E-state index contributed by atoms with van der Waals surface area (Å²) in [7, 11) is -3.73. The summed E-state index contributed by atoms with van der Waals surface area (Å²) in [5.74, 6) is -0.0899. The van der Waals surface area contributed by atoms with Crippen molar-refractivity contribution in [2.75, 3.05) is 4.72 Å². The third-order valence-corrected chi connectivity index (χ3v) is 4.96. The van der Waals surface area contributed by atoms with Gasteiger partial charge in [0.1, 0.15) is 0 Å². The Bertz CT molecular complexity index is 772. The minimum absolute atomic E-state index is 0.0672. The fourth-order valence-corrected chi connectivity index (χ4v) is 3.43. The van der Waals surface area contributed by atoms with Crippen LogP contribution in [0.3, 0.4) is 0 Å². The van der Waals surface area contributed by atoms with Gasteiger partial charge in [-0.05, 0) is 40.2 Å². The lowest BCUT2D eigenvalue weighted by Crippen LogP contribution is -2.14. The number of benzene rings is 2. The summed E-state index contributed by atoms with van der Waals surface area (Å²) in [6.45, 7) is 1.74. The molecule has 6 heteroatoms. The van der Waals surface area contributed by atoms with Gasteiger partial charge in [0.15, 0.2) is 5.78 Å². The maximum absolute atomic E-state index is 12.4.